The van der Waals surface area contributed by atoms with Gasteiger partial charge in [0.1, 0.15) is 36.3 Å². The van der Waals surface area contributed by atoms with Gasteiger partial charge in [-0.1, -0.05) is 92.7 Å². The van der Waals surface area contributed by atoms with Gasteiger partial charge in [-0.25, -0.2) is 4.98 Å². The molecule has 2 aromatic heterocycles. The first kappa shape index (κ1) is 60.2. The molecule has 418 valence electrons. The number of carbonyl (C=O) groups excluding carboxylic acids is 8. The Morgan fingerprint density at radius 1 is 0.590 bits per heavy atom. The van der Waals surface area contributed by atoms with Gasteiger partial charge in [0.15, 0.2) is 5.96 Å². The summed E-state index contributed by atoms with van der Waals surface area (Å²) in [6, 6.07) is 16.8. The summed E-state index contributed by atoms with van der Waals surface area (Å²) in [5, 5.41) is 19.7. The smallest absolute Gasteiger partial charge is 0.243 e. The van der Waals surface area contributed by atoms with Crippen molar-refractivity contribution in [3.63, 3.8) is 0 Å². The first-order chi connectivity index (χ1) is 37.4. The van der Waals surface area contributed by atoms with E-state index in [1.165, 1.54) is 12.5 Å². The van der Waals surface area contributed by atoms with Crippen LogP contribution in [0.25, 0.3) is 10.9 Å². The van der Waals surface area contributed by atoms with Gasteiger partial charge >= 0.3 is 0 Å². The van der Waals surface area contributed by atoms with Crippen LogP contribution < -0.4 is 65.9 Å². The normalized spacial score (nSPS) is 13.8. The van der Waals surface area contributed by atoms with Gasteiger partial charge in [0.25, 0.3) is 0 Å². The standard InChI is InChI=1S/C54H74N16O8/c1-32(2)46(47(57)72)70-53(78)43(25-34-16-7-4-8-17-34)68-50(75)40(20-11-12-22-55)65-45(71)30-63-49(74)44(26-35-28-62-39-19-10-9-18-37(35)39)69-51(76)41(21-13-23-61-54(58)59)66-52(77)42(24-33-14-5-3-6-15-33)67-48(73)38(56)27-36-29-60-31-64-36/h3-10,14-19,28-29,31-32,38,40-44,46,62H,11-13,20-27,30,55-56H2,1-2H3,(H2,57,72)(H,60,64)(H,63,74)(H,65,71)(H,66,77)(H,67,73)(H,68,75)(H,69,76)(H,70,78)(H4,58,59,61). The number of para-hydroxylation sites is 1. The molecule has 0 aliphatic rings. The molecule has 24 heteroatoms. The molecule has 0 radical (unpaired) electrons. The largest absolute Gasteiger partial charge is 0.370 e. The zero-order valence-corrected chi connectivity index (χ0v) is 44.0. The lowest BCUT2D eigenvalue weighted by molar-refractivity contribution is -0.134. The van der Waals surface area contributed by atoms with Crippen LogP contribution in [-0.2, 0) is 64.0 Å². The molecular weight excluding hydrogens is 1000 g/mol. The molecule has 24 nitrogen and oxygen atoms in total. The Kier molecular flexibility index (Phi) is 23.8. The molecule has 3 aromatic carbocycles. The molecule has 0 bridgehead atoms. The van der Waals surface area contributed by atoms with Crippen molar-refractivity contribution in [1.82, 2.24) is 52.2 Å². The number of aliphatic imine (C=N–C) groups is 1. The lowest BCUT2D eigenvalue weighted by Gasteiger charge is -2.26. The van der Waals surface area contributed by atoms with Crippen LogP contribution in [0.2, 0.25) is 0 Å². The third-order valence-electron chi connectivity index (χ3n) is 12.8. The second-order valence-electron chi connectivity index (χ2n) is 19.3. The fourth-order valence-electron chi connectivity index (χ4n) is 8.56. The number of aromatic amines is 2. The second-order valence-corrected chi connectivity index (χ2v) is 19.3. The van der Waals surface area contributed by atoms with E-state index in [-0.39, 0.29) is 63.4 Å². The Labute approximate surface area is 452 Å². The van der Waals surface area contributed by atoms with E-state index in [4.69, 9.17) is 28.7 Å². The fourth-order valence-corrected chi connectivity index (χ4v) is 8.56. The average molecular weight is 1080 g/mol. The molecule has 0 saturated carbocycles. The third kappa shape index (κ3) is 19.5. The summed E-state index contributed by atoms with van der Waals surface area (Å²) in [4.78, 5) is 125. The minimum Gasteiger partial charge on any atom is -0.370 e. The number of hydrogen-bond donors (Lipinski definition) is 14. The van der Waals surface area contributed by atoms with Crippen molar-refractivity contribution in [3.8, 4) is 0 Å². The Morgan fingerprint density at radius 2 is 1.13 bits per heavy atom. The van der Waals surface area contributed by atoms with E-state index in [0.29, 0.717) is 41.8 Å². The highest BCUT2D eigenvalue weighted by atomic mass is 16.2. The SMILES string of the molecule is CC(C)C(NC(=O)C(Cc1ccccc1)NC(=O)C(CCCCN)NC(=O)CNC(=O)C(Cc1c[nH]c2ccccc12)NC(=O)C(CCCN=C(N)N)NC(=O)C(Cc1ccccc1)NC(=O)C(N)Cc1cnc[nH]1)C(N)=O. The number of aromatic nitrogens is 3. The molecule has 0 aliphatic heterocycles. The van der Waals surface area contributed by atoms with Crippen LogP contribution in [0.3, 0.4) is 0 Å². The summed E-state index contributed by atoms with van der Waals surface area (Å²) in [5.41, 5.74) is 32.2. The van der Waals surface area contributed by atoms with Gasteiger partial charge in [0.05, 0.1) is 18.9 Å². The van der Waals surface area contributed by atoms with Crippen molar-refractivity contribution in [1.29, 1.82) is 0 Å². The first-order valence-electron chi connectivity index (χ1n) is 25.9. The monoisotopic (exact) mass is 1070 g/mol. The molecule has 0 spiro atoms. The number of hydrogen-bond acceptors (Lipinski definition) is 12. The Balaban J connectivity index is 1.36. The predicted octanol–water partition coefficient (Wildman–Crippen LogP) is -1.16. The fraction of sp³-hybridized carbons (Fsp3) is 0.407. The molecule has 0 aliphatic carbocycles. The molecular formula is C54H74N16O8. The van der Waals surface area contributed by atoms with Crippen molar-refractivity contribution >= 4 is 64.1 Å². The van der Waals surface area contributed by atoms with Gasteiger partial charge in [-0.05, 0) is 67.3 Å². The van der Waals surface area contributed by atoms with Crippen LogP contribution in [0.4, 0.5) is 0 Å². The third-order valence-corrected chi connectivity index (χ3v) is 12.8. The number of imidazole rings is 1. The lowest BCUT2D eigenvalue weighted by Crippen LogP contribution is -2.59. The van der Waals surface area contributed by atoms with Crippen LogP contribution in [0.1, 0.15) is 68.3 Å². The summed E-state index contributed by atoms with van der Waals surface area (Å²) in [7, 11) is 0. The number of unbranched alkanes of at least 4 members (excludes halogenated alkanes) is 1. The Morgan fingerprint density at radius 3 is 1.71 bits per heavy atom. The van der Waals surface area contributed by atoms with Crippen molar-refractivity contribution in [3.05, 3.63) is 126 Å². The number of benzene rings is 3. The molecule has 7 atom stereocenters. The number of nitrogens with one attached hydrogen (secondary N) is 9. The molecule has 5 aromatic rings. The number of nitrogens with zero attached hydrogens (tertiary/aromatic N) is 2. The highest BCUT2D eigenvalue weighted by Crippen LogP contribution is 2.20. The maximum absolute atomic E-state index is 14.6. The van der Waals surface area contributed by atoms with Crippen molar-refractivity contribution in [2.45, 2.75) is 114 Å². The van der Waals surface area contributed by atoms with Crippen LogP contribution in [-0.4, -0.2) is 130 Å². The van der Waals surface area contributed by atoms with Gasteiger partial charge in [-0.2, -0.15) is 0 Å². The summed E-state index contributed by atoms with van der Waals surface area (Å²) in [6.07, 6.45) is 5.97. The van der Waals surface area contributed by atoms with E-state index in [9.17, 15) is 38.4 Å². The summed E-state index contributed by atoms with van der Waals surface area (Å²) in [5.74, 6) is -6.35. The van der Waals surface area contributed by atoms with E-state index in [0.717, 1.165) is 10.9 Å². The molecule has 19 N–H and O–H groups in total. The second kappa shape index (κ2) is 30.8. The number of H-pyrrole nitrogens is 2. The quantitative estimate of drug-likeness (QED) is 0.0138. The summed E-state index contributed by atoms with van der Waals surface area (Å²) in [6.45, 7) is 3.17. The highest BCUT2D eigenvalue weighted by molar-refractivity contribution is 5.97. The number of primary amides is 1. The van der Waals surface area contributed by atoms with E-state index in [1.54, 1.807) is 80.7 Å². The lowest BCUT2D eigenvalue weighted by atomic mass is 10.0. The maximum atomic E-state index is 14.6. The van der Waals surface area contributed by atoms with Crippen LogP contribution >= 0.6 is 0 Å². The maximum Gasteiger partial charge on any atom is 0.243 e. The van der Waals surface area contributed by atoms with Crippen LogP contribution in [0.5, 0.6) is 0 Å². The van der Waals surface area contributed by atoms with Gasteiger partial charge in [0.2, 0.25) is 47.3 Å². The number of fused-ring (bicyclic) bond motifs is 1. The number of guanidine groups is 1. The molecule has 7 unspecified atom stereocenters. The highest BCUT2D eigenvalue weighted by Gasteiger charge is 2.33. The number of carbonyl (C=O) groups is 8. The zero-order chi connectivity index (χ0) is 56.6. The van der Waals surface area contributed by atoms with Gasteiger partial charge in [0, 0.05) is 61.2 Å². The van der Waals surface area contributed by atoms with Gasteiger partial charge in [-0.3, -0.25) is 43.3 Å². The van der Waals surface area contributed by atoms with Crippen molar-refractivity contribution < 1.29 is 38.4 Å². The average Bonchev–Trinajstić information content (AvgIpc) is 4.10. The van der Waals surface area contributed by atoms with Crippen LogP contribution in [0.15, 0.2) is 109 Å². The van der Waals surface area contributed by atoms with Crippen molar-refractivity contribution in [2.24, 2.45) is 39.6 Å². The van der Waals surface area contributed by atoms with E-state index >= 15 is 0 Å². The van der Waals surface area contributed by atoms with E-state index in [1.807, 2.05) is 24.3 Å². The molecule has 2 heterocycles. The van der Waals surface area contributed by atoms with E-state index < -0.39 is 96.1 Å². The topological polar surface area (TPSA) is 408 Å². The van der Waals surface area contributed by atoms with Gasteiger partial charge < -0.3 is 75.9 Å². The van der Waals surface area contributed by atoms with Crippen LogP contribution in [0, 0.1) is 5.92 Å². The minimum absolute atomic E-state index is 0.0194. The Hall–Kier alpha value is -8.64. The predicted molar refractivity (Wildman–Crippen MR) is 294 cm³/mol. The van der Waals surface area contributed by atoms with E-state index in [2.05, 4.69) is 57.2 Å². The molecule has 8 amide bonds. The molecule has 5 rings (SSSR count). The number of nitrogens with two attached hydrogens (primary N) is 5. The number of amides is 8. The Bertz CT molecular complexity index is 2790. The number of rotatable bonds is 32. The minimum atomic E-state index is -1.35. The molecule has 0 fully saturated rings. The molecule has 0 saturated heterocycles. The van der Waals surface area contributed by atoms with Crippen molar-refractivity contribution in [2.75, 3.05) is 19.6 Å². The first-order valence-corrected chi connectivity index (χ1v) is 25.9. The molecule has 78 heavy (non-hydrogen) atoms. The van der Waals surface area contributed by atoms with Gasteiger partial charge in [-0.15, -0.1) is 0 Å². The summed E-state index contributed by atoms with van der Waals surface area (Å²) >= 11 is 0. The summed E-state index contributed by atoms with van der Waals surface area (Å²) < 4.78 is 0. The zero-order valence-electron chi connectivity index (χ0n) is 44.0.